The molecule has 0 aromatic heterocycles. The number of nitrogens with zero attached hydrogens (tertiary/aromatic N) is 1. The van der Waals surface area contributed by atoms with Crippen molar-refractivity contribution in [1.82, 2.24) is 10.2 Å². The van der Waals surface area contributed by atoms with Gasteiger partial charge in [-0.15, -0.1) is 0 Å². The molecule has 6 heteroatoms. The van der Waals surface area contributed by atoms with E-state index in [4.69, 9.17) is 0 Å². The van der Waals surface area contributed by atoms with Crippen LogP contribution < -0.4 is 5.32 Å². The van der Waals surface area contributed by atoms with Crippen LogP contribution in [0.4, 0.5) is 9.18 Å². The van der Waals surface area contributed by atoms with E-state index >= 15 is 0 Å². The quantitative estimate of drug-likeness (QED) is 0.800. The normalized spacial score (nSPS) is 21.6. The number of amides is 2. The van der Waals surface area contributed by atoms with E-state index in [0.29, 0.717) is 19.4 Å². The lowest BCUT2D eigenvalue weighted by atomic mass is 9.84. The summed E-state index contributed by atoms with van der Waals surface area (Å²) >= 11 is 0. The van der Waals surface area contributed by atoms with Gasteiger partial charge in [0.2, 0.25) is 5.91 Å². The van der Waals surface area contributed by atoms with Crippen molar-refractivity contribution in [2.45, 2.75) is 44.2 Å². The molecule has 5 nitrogen and oxygen atoms in total. The second-order valence-electron chi connectivity index (χ2n) is 7.99. The largest absolute Gasteiger partial charge is 0.465 e. The lowest BCUT2D eigenvalue weighted by molar-refractivity contribution is -0.139. The van der Waals surface area contributed by atoms with Gasteiger partial charge in [0.1, 0.15) is 5.82 Å². The van der Waals surface area contributed by atoms with Gasteiger partial charge in [-0.25, -0.2) is 9.18 Å². The van der Waals surface area contributed by atoms with Crippen LogP contribution in [0.15, 0.2) is 48.5 Å². The molecule has 2 fully saturated rings. The lowest BCUT2D eigenvalue weighted by Crippen LogP contribution is -2.49. The summed E-state index contributed by atoms with van der Waals surface area (Å²) < 4.78 is 13.6. The van der Waals surface area contributed by atoms with Crippen LogP contribution >= 0.6 is 0 Å². The molecular formula is C23H25FN2O3. The monoisotopic (exact) mass is 396 g/mol. The number of benzene rings is 2. The number of carboxylic acid groups (broad SMARTS) is 1. The van der Waals surface area contributed by atoms with Crippen LogP contribution in [0.5, 0.6) is 0 Å². The van der Waals surface area contributed by atoms with E-state index in [1.807, 2.05) is 35.2 Å². The molecule has 2 atom stereocenters. The van der Waals surface area contributed by atoms with Gasteiger partial charge in [-0.1, -0.05) is 42.8 Å². The van der Waals surface area contributed by atoms with Crippen LogP contribution in [0.2, 0.25) is 0 Å². The Bertz CT molecular complexity index is 913. The van der Waals surface area contributed by atoms with Crippen molar-refractivity contribution in [2.24, 2.45) is 5.92 Å². The number of rotatable bonds is 5. The topological polar surface area (TPSA) is 69.6 Å². The van der Waals surface area contributed by atoms with Crippen molar-refractivity contribution in [3.8, 4) is 11.1 Å². The average Bonchev–Trinajstić information content (AvgIpc) is 3.02. The van der Waals surface area contributed by atoms with Gasteiger partial charge in [-0.3, -0.25) is 4.79 Å². The molecule has 2 aliphatic rings. The molecule has 0 spiro atoms. The van der Waals surface area contributed by atoms with E-state index in [2.05, 4.69) is 5.32 Å². The smallest absolute Gasteiger partial charge is 0.404 e. The number of carbonyl (C=O) groups is 2. The van der Waals surface area contributed by atoms with Gasteiger partial charge < -0.3 is 15.3 Å². The van der Waals surface area contributed by atoms with Crippen molar-refractivity contribution in [1.29, 1.82) is 0 Å². The third-order valence-corrected chi connectivity index (χ3v) is 6.12. The van der Waals surface area contributed by atoms with Crippen molar-refractivity contribution < 1.29 is 19.1 Å². The van der Waals surface area contributed by atoms with Gasteiger partial charge >= 0.3 is 6.09 Å². The molecular weight excluding hydrogens is 371 g/mol. The molecule has 2 N–H and O–H groups in total. The molecule has 1 saturated carbocycles. The van der Waals surface area contributed by atoms with Gasteiger partial charge in [0.05, 0.1) is 12.1 Å². The highest BCUT2D eigenvalue weighted by Crippen LogP contribution is 2.32. The van der Waals surface area contributed by atoms with Gasteiger partial charge in [-0.2, -0.15) is 0 Å². The van der Waals surface area contributed by atoms with Crippen LogP contribution in [-0.4, -0.2) is 40.6 Å². The predicted octanol–water partition coefficient (Wildman–Crippen LogP) is 4.07. The van der Waals surface area contributed by atoms with Gasteiger partial charge in [0.15, 0.2) is 0 Å². The average molecular weight is 396 g/mol. The first-order valence-corrected chi connectivity index (χ1v) is 10.2. The Morgan fingerprint density at radius 3 is 2.45 bits per heavy atom. The third kappa shape index (κ3) is 4.26. The van der Waals surface area contributed by atoms with Crippen LogP contribution in [-0.2, 0) is 11.2 Å². The highest BCUT2D eigenvalue weighted by molar-refractivity contribution is 5.80. The molecule has 4 rings (SSSR count). The van der Waals surface area contributed by atoms with E-state index in [9.17, 15) is 19.1 Å². The predicted molar refractivity (Wildman–Crippen MR) is 108 cm³/mol. The Hall–Kier alpha value is -2.89. The Morgan fingerprint density at radius 1 is 1.07 bits per heavy atom. The highest BCUT2D eigenvalue weighted by Gasteiger charge is 2.41. The molecule has 2 amide bonds. The fourth-order valence-electron chi connectivity index (χ4n) is 4.38. The first-order chi connectivity index (χ1) is 14.0. The maximum Gasteiger partial charge on any atom is 0.404 e. The summed E-state index contributed by atoms with van der Waals surface area (Å²) in [6, 6.07) is 13.8. The maximum absolute atomic E-state index is 13.6. The Labute approximate surface area is 169 Å². The van der Waals surface area contributed by atoms with E-state index in [1.165, 1.54) is 12.1 Å². The summed E-state index contributed by atoms with van der Waals surface area (Å²) in [5.74, 6) is -0.0522. The zero-order valence-electron chi connectivity index (χ0n) is 16.2. The van der Waals surface area contributed by atoms with Crippen LogP contribution in [0.1, 0.15) is 31.2 Å². The Kier molecular flexibility index (Phi) is 5.51. The molecule has 0 radical (unpaired) electrons. The Morgan fingerprint density at radius 2 is 1.79 bits per heavy atom. The molecule has 1 heterocycles. The zero-order chi connectivity index (χ0) is 20.4. The van der Waals surface area contributed by atoms with E-state index in [0.717, 1.165) is 36.0 Å². The van der Waals surface area contributed by atoms with Crippen LogP contribution in [0, 0.1) is 11.7 Å². The summed E-state index contributed by atoms with van der Waals surface area (Å²) in [6.07, 6.45) is 3.06. The van der Waals surface area contributed by atoms with E-state index in [-0.39, 0.29) is 29.7 Å². The van der Waals surface area contributed by atoms with Crippen LogP contribution in [0.25, 0.3) is 11.1 Å². The number of nitrogens with one attached hydrogen (secondary N) is 1. The minimum atomic E-state index is -1.06. The second kappa shape index (κ2) is 8.23. The highest BCUT2D eigenvalue weighted by atomic mass is 19.1. The molecule has 1 aliphatic carbocycles. The minimum Gasteiger partial charge on any atom is -0.465 e. The number of hydrogen-bond acceptors (Lipinski definition) is 2. The minimum absolute atomic E-state index is 0.0831. The standard InChI is InChI=1S/C23H25FN2O3/c24-19-9-3-8-18(14-19)17-7-1-4-15(12-17)13-21-20(25-23(28)29)10-11-26(21)22(27)16-5-2-6-16/h1,3-4,7-9,12,14,16,20-21,25H,2,5-6,10-11,13H2,(H,28,29)/t20-,21-/m1/s1. The Balaban J connectivity index is 1.57. The number of halogens is 1. The molecule has 152 valence electrons. The summed E-state index contributed by atoms with van der Waals surface area (Å²) in [5.41, 5.74) is 2.70. The third-order valence-electron chi connectivity index (χ3n) is 6.12. The zero-order valence-corrected chi connectivity index (χ0v) is 16.2. The molecule has 2 aromatic carbocycles. The number of hydrogen-bond donors (Lipinski definition) is 2. The number of likely N-dealkylation sites (tertiary alicyclic amines) is 1. The maximum atomic E-state index is 13.6. The second-order valence-corrected chi connectivity index (χ2v) is 7.99. The van der Waals surface area contributed by atoms with E-state index < -0.39 is 6.09 Å². The lowest BCUT2D eigenvalue weighted by Gasteiger charge is -2.34. The summed E-state index contributed by atoms with van der Waals surface area (Å²) in [4.78, 5) is 26.0. The van der Waals surface area contributed by atoms with Gasteiger partial charge in [0.25, 0.3) is 0 Å². The molecule has 1 saturated heterocycles. The first-order valence-electron chi connectivity index (χ1n) is 10.2. The first kappa shape index (κ1) is 19.4. The van der Waals surface area contributed by atoms with Crippen LogP contribution in [0.3, 0.4) is 0 Å². The number of carbonyl (C=O) groups excluding carboxylic acids is 1. The van der Waals surface area contributed by atoms with Crippen molar-refractivity contribution >= 4 is 12.0 Å². The summed E-state index contributed by atoms with van der Waals surface area (Å²) in [6.45, 7) is 0.578. The fourth-order valence-corrected chi connectivity index (χ4v) is 4.38. The molecule has 0 bridgehead atoms. The molecule has 0 unspecified atom stereocenters. The van der Waals surface area contributed by atoms with E-state index in [1.54, 1.807) is 6.07 Å². The summed E-state index contributed by atoms with van der Waals surface area (Å²) in [7, 11) is 0. The van der Waals surface area contributed by atoms with Crippen molar-refractivity contribution in [2.75, 3.05) is 6.54 Å². The molecule has 29 heavy (non-hydrogen) atoms. The van der Waals surface area contributed by atoms with Crippen molar-refractivity contribution in [3.63, 3.8) is 0 Å². The SMILES string of the molecule is O=C(O)N[C@@H]1CCN(C(=O)C2CCC2)[C@@H]1Cc1cccc(-c2cccc(F)c2)c1. The fraction of sp³-hybridized carbons (Fsp3) is 0.391. The van der Waals surface area contributed by atoms with Gasteiger partial charge in [0, 0.05) is 12.5 Å². The molecule has 1 aliphatic heterocycles. The summed E-state index contributed by atoms with van der Waals surface area (Å²) in [5, 5.41) is 11.8. The molecule has 2 aromatic rings. The van der Waals surface area contributed by atoms with Gasteiger partial charge in [-0.05, 0) is 54.5 Å². The van der Waals surface area contributed by atoms with Crippen molar-refractivity contribution in [3.05, 3.63) is 59.9 Å².